The molecule has 0 radical (unpaired) electrons. The van der Waals surface area contributed by atoms with E-state index in [2.05, 4.69) is 15.1 Å². The van der Waals surface area contributed by atoms with Gasteiger partial charge in [-0.3, -0.25) is 4.68 Å². The largest absolute Gasteiger partial charge is 0.494 e. The van der Waals surface area contributed by atoms with E-state index < -0.39 is 11.6 Å². The van der Waals surface area contributed by atoms with Gasteiger partial charge < -0.3 is 19.6 Å². The van der Waals surface area contributed by atoms with Crippen LogP contribution in [0.4, 0.5) is 8.78 Å². The zero-order chi connectivity index (χ0) is 23.8. The average Bonchev–Trinajstić information content (AvgIpc) is 3.50. The summed E-state index contributed by atoms with van der Waals surface area (Å²) in [5.41, 5.74) is 2.97. The molecule has 0 aliphatic heterocycles. The molecule has 34 heavy (non-hydrogen) atoms. The molecule has 0 saturated heterocycles. The van der Waals surface area contributed by atoms with Crippen LogP contribution in [-0.4, -0.2) is 45.2 Å². The molecule has 5 rings (SSSR count). The minimum absolute atomic E-state index is 0.0000222. The molecule has 3 heterocycles. The summed E-state index contributed by atoms with van der Waals surface area (Å²) in [6, 6.07) is 3.42. The summed E-state index contributed by atoms with van der Waals surface area (Å²) >= 11 is 0. The maximum absolute atomic E-state index is 14.9. The van der Waals surface area contributed by atoms with Gasteiger partial charge in [-0.05, 0) is 37.3 Å². The number of ether oxygens (including phenoxy) is 2. The lowest BCUT2D eigenvalue weighted by atomic mass is 9.93. The smallest absolute Gasteiger partial charge is 0.171 e. The Labute approximate surface area is 195 Å². The lowest BCUT2D eigenvalue weighted by Crippen LogP contribution is -2.21. The highest BCUT2D eigenvalue weighted by atomic mass is 19.1. The van der Waals surface area contributed by atoms with Crippen molar-refractivity contribution < 1.29 is 23.4 Å². The summed E-state index contributed by atoms with van der Waals surface area (Å²) < 4.78 is 41.9. The fourth-order valence-electron chi connectivity index (χ4n) is 4.65. The fourth-order valence-corrected chi connectivity index (χ4v) is 4.65. The van der Waals surface area contributed by atoms with Crippen LogP contribution in [0.25, 0.3) is 22.2 Å². The molecule has 0 amide bonds. The predicted octanol–water partition coefficient (Wildman–Crippen LogP) is 4.79. The molecule has 3 aromatic heterocycles. The summed E-state index contributed by atoms with van der Waals surface area (Å²) in [5, 5.41) is 15.1. The Balaban J connectivity index is 1.47. The Hall–Kier alpha value is -3.46. The van der Waals surface area contributed by atoms with E-state index in [4.69, 9.17) is 9.47 Å². The van der Waals surface area contributed by atoms with Crippen molar-refractivity contribution in [3.63, 3.8) is 0 Å². The van der Waals surface area contributed by atoms with Crippen LogP contribution in [0.5, 0.6) is 11.5 Å². The number of H-pyrrole nitrogens is 1. The number of nitrogens with one attached hydrogen (secondary N) is 1. The van der Waals surface area contributed by atoms with Crippen molar-refractivity contribution in [2.24, 2.45) is 0 Å². The Morgan fingerprint density at radius 1 is 1.03 bits per heavy atom. The van der Waals surface area contributed by atoms with Gasteiger partial charge in [0.15, 0.2) is 23.1 Å². The number of pyridine rings is 1. The number of nitrogens with zero attached hydrogens (tertiary/aromatic N) is 3. The molecule has 0 spiro atoms. The van der Waals surface area contributed by atoms with E-state index in [9.17, 15) is 13.9 Å². The van der Waals surface area contributed by atoms with Crippen LogP contribution in [0, 0.1) is 11.6 Å². The number of fused-ring (bicyclic) bond motifs is 1. The topological polar surface area (TPSA) is 85.2 Å². The fraction of sp³-hybridized carbons (Fsp3) is 0.360. The third-order valence-electron chi connectivity index (χ3n) is 6.62. The lowest BCUT2D eigenvalue weighted by molar-refractivity contribution is 0.108. The summed E-state index contributed by atoms with van der Waals surface area (Å²) in [6.45, 7) is 0. The molecule has 9 heteroatoms. The molecule has 1 aliphatic rings. The highest BCUT2D eigenvalue weighted by molar-refractivity contribution is 5.84. The Morgan fingerprint density at radius 3 is 2.41 bits per heavy atom. The van der Waals surface area contributed by atoms with Crippen LogP contribution in [0.2, 0.25) is 0 Å². The first kappa shape index (κ1) is 22.3. The van der Waals surface area contributed by atoms with E-state index in [0.717, 1.165) is 42.2 Å². The summed E-state index contributed by atoms with van der Waals surface area (Å²) in [7, 11) is 2.66. The van der Waals surface area contributed by atoms with Gasteiger partial charge in [0.25, 0.3) is 0 Å². The van der Waals surface area contributed by atoms with Crippen molar-refractivity contribution in [3.05, 3.63) is 59.7 Å². The second-order valence-electron chi connectivity index (χ2n) is 8.67. The highest BCUT2D eigenvalue weighted by Gasteiger charge is 2.23. The summed E-state index contributed by atoms with van der Waals surface area (Å²) in [6.07, 6.45) is 10.4. The normalized spacial score (nSPS) is 18.4. The molecule has 0 bridgehead atoms. The zero-order valence-electron chi connectivity index (χ0n) is 19.0. The second-order valence-corrected chi connectivity index (χ2v) is 8.67. The van der Waals surface area contributed by atoms with E-state index in [1.54, 1.807) is 18.6 Å². The molecule has 2 N–H and O–H groups in total. The van der Waals surface area contributed by atoms with Crippen molar-refractivity contribution in [2.75, 3.05) is 14.2 Å². The number of aliphatic hydroxyl groups excluding tert-OH is 1. The first-order valence-electron chi connectivity index (χ1n) is 11.3. The molecule has 1 saturated carbocycles. The number of aromatic nitrogens is 4. The molecule has 0 atom stereocenters. The van der Waals surface area contributed by atoms with Gasteiger partial charge in [-0.2, -0.15) is 5.10 Å². The van der Waals surface area contributed by atoms with Crippen LogP contribution in [0.15, 0.2) is 36.9 Å². The molecule has 1 fully saturated rings. The van der Waals surface area contributed by atoms with Crippen molar-refractivity contribution in [1.29, 1.82) is 0 Å². The Morgan fingerprint density at radius 2 is 1.74 bits per heavy atom. The van der Waals surface area contributed by atoms with Crippen LogP contribution >= 0.6 is 0 Å². The van der Waals surface area contributed by atoms with Gasteiger partial charge in [0.1, 0.15) is 5.65 Å². The first-order valence-corrected chi connectivity index (χ1v) is 11.3. The number of methoxy groups -OCH3 is 2. The molecular formula is C25H26F2N4O3. The predicted molar refractivity (Wildman–Crippen MR) is 123 cm³/mol. The van der Waals surface area contributed by atoms with Crippen molar-refractivity contribution in [1.82, 2.24) is 19.7 Å². The molecule has 7 nitrogen and oxygen atoms in total. The number of hydrogen-bond donors (Lipinski definition) is 2. The van der Waals surface area contributed by atoms with Crippen molar-refractivity contribution in [2.45, 2.75) is 44.2 Å². The number of benzene rings is 1. The van der Waals surface area contributed by atoms with Gasteiger partial charge >= 0.3 is 0 Å². The highest BCUT2D eigenvalue weighted by Crippen LogP contribution is 2.35. The molecule has 4 aromatic rings. The van der Waals surface area contributed by atoms with Crippen LogP contribution in [0.3, 0.4) is 0 Å². The summed E-state index contributed by atoms with van der Waals surface area (Å²) in [5.74, 6) is -1.65. The average molecular weight is 469 g/mol. The quantitative estimate of drug-likeness (QED) is 0.425. The Bertz CT molecular complexity index is 1300. The lowest BCUT2D eigenvalue weighted by Gasteiger charge is -2.25. The number of hydrogen-bond acceptors (Lipinski definition) is 5. The molecule has 1 aromatic carbocycles. The van der Waals surface area contributed by atoms with Gasteiger partial charge in [0.05, 0.1) is 32.6 Å². The third kappa shape index (κ3) is 4.00. The van der Waals surface area contributed by atoms with Gasteiger partial charge in [-0.25, -0.2) is 13.8 Å². The third-order valence-corrected chi connectivity index (χ3v) is 6.62. The van der Waals surface area contributed by atoms with Gasteiger partial charge in [-0.15, -0.1) is 0 Å². The van der Waals surface area contributed by atoms with Crippen LogP contribution in [-0.2, 0) is 6.42 Å². The zero-order valence-corrected chi connectivity index (χ0v) is 19.0. The maximum atomic E-state index is 14.9. The standard InChI is InChI=1S/C25H26F2N4O3/c1-33-21-9-22(34-2)24(27)20(23(21)26)8-15-11-29-25-19(15)7-14(10-28-25)16-12-30-31(13-16)17-3-5-18(32)6-4-17/h7,9-13,17-18,32H,3-6,8H2,1-2H3,(H,28,29). The van der Waals surface area contributed by atoms with Crippen LogP contribution < -0.4 is 9.47 Å². The molecular weight excluding hydrogens is 442 g/mol. The van der Waals surface area contributed by atoms with Crippen LogP contribution in [0.1, 0.15) is 42.9 Å². The molecule has 0 unspecified atom stereocenters. The van der Waals surface area contributed by atoms with E-state index in [1.165, 1.54) is 20.3 Å². The second kappa shape index (κ2) is 9.06. The van der Waals surface area contributed by atoms with E-state index in [1.807, 2.05) is 16.9 Å². The van der Waals surface area contributed by atoms with Gasteiger partial charge in [0, 0.05) is 53.2 Å². The minimum atomic E-state index is -0.752. The van der Waals surface area contributed by atoms with E-state index >= 15 is 0 Å². The number of aliphatic hydroxyl groups is 1. The number of aromatic amines is 1. The molecule has 178 valence electrons. The molecule has 1 aliphatic carbocycles. The minimum Gasteiger partial charge on any atom is -0.494 e. The summed E-state index contributed by atoms with van der Waals surface area (Å²) in [4.78, 5) is 7.58. The number of halogens is 2. The van der Waals surface area contributed by atoms with E-state index in [-0.39, 0.29) is 35.6 Å². The SMILES string of the molecule is COc1cc(OC)c(F)c(Cc2c[nH]c3ncc(-c4cnn(C5CCC(O)CC5)c4)cc23)c1F. The monoisotopic (exact) mass is 468 g/mol. The maximum Gasteiger partial charge on any atom is 0.171 e. The van der Waals surface area contributed by atoms with Gasteiger partial charge in [0.2, 0.25) is 0 Å². The first-order chi connectivity index (χ1) is 16.5. The Kier molecular flexibility index (Phi) is 5.95. The van der Waals surface area contributed by atoms with Crippen molar-refractivity contribution in [3.8, 4) is 22.6 Å². The van der Waals surface area contributed by atoms with E-state index in [0.29, 0.717) is 11.2 Å². The van der Waals surface area contributed by atoms with Crippen molar-refractivity contribution >= 4 is 11.0 Å². The number of rotatable bonds is 6. The van der Waals surface area contributed by atoms with Gasteiger partial charge in [-0.1, -0.05) is 0 Å².